The molecule has 0 radical (unpaired) electrons. The first-order chi connectivity index (χ1) is 2.64. The zero-order valence-electron chi connectivity index (χ0n) is 3.03. The molecule has 2 unspecified atom stereocenters. The first-order valence-corrected chi connectivity index (χ1v) is 3.60. The summed E-state index contributed by atoms with van der Waals surface area (Å²) in [6.07, 6.45) is 0. The van der Waals surface area contributed by atoms with Crippen molar-refractivity contribution in [3.05, 3.63) is 0 Å². The molecule has 0 rings (SSSR count). The van der Waals surface area contributed by atoms with Crippen LogP contribution in [-0.2, 0) is 20.2 Å². The van der Waals surface area contributed by atoms with Gasteiger partial charge < -0.3 is 5.48 Å². The molecule has 0 heterocycles. The van der Waals surface area contributed by atoms with Crippen LogP contribution in [0.5, 0.6) is 0 Å². The fourth-order valence-electron chi connectivity index (χ4n) is 0. The second kappa shape index (κ2) is 8.18. The number of hydrogen-bond acceptors (Lipinski definition) is 2. The van der Waals surface area contributed by atoms with E-state index in [9.17, 15) is 8.42 Å². The summed E-state index contributed by atoms with van der Waals surface area (Å²) in [6.45, 7) is 0. The third-order valence-corrected chi connectivity index (χ3v) is 1.10. The molecule has 0 spiro atoms. The molecule has 5 nitrogen and oxygen atoms in total. The van der Waals surface area contributed by atoms with Gasteiger partial charge in [-0.1, -0.05) is 0 Å². The van der Waals surface area contributed by atoms with Gasteiger partial charge >= 0.3 is 29.6 Å². The van der Waals surface area contributed by atoms with Gasteiger partial charge in [-0.15, -0.1) is 0 Å². The van der Waals surface area contributed by atoms with Crippen LogP contribution in [0.15, 0.2) is 0 Å². The van der Waals surface area contributed by atoms with Crippen LogP contribution in [0.3, 0.4) is 0 Å². The van der Waals surface area contributed by atoms with Crippen molar-refractivity contribution >= 4 is 49.8 Å². The van der Waals surface area contributed by atoms with Crippen molar-refractivity contribution in [3.63, 3.8) is 0 Å². The van der Waals surface area contributed by atoms with Crippen molar-refractivity contribution in [2.75, 3.05) is 0 Å². The molecule has 0 aliphatic carbocycles. The molecule has 2 atom stereocenters. The van der Waals surface area contributed by atoms with Crippen LogP contribution in [0.2, 0.25) is 0 Å². The molecule has 4 N–H and O–H groups in total. The molecule has 0 aliphatic rings. The molecule has 0 fully saturated rings. The third-order valence-electron chi connectivity index (χ3n) is 0.122. The first kappa shape index (κ1) is 16.1. The summed E-state index contributed by atoms with van der Waals surface area (Å²) in [4.78, 5) is 0. The molecule has 0 aliphatic heterocycles. The molecule has 8 heavy (non-hydrogen) atoms. The van der Waals surface area contributed by atoms with Crippen molar-refractivity contribution in [3.8, 4) is 0 Å². The second-order valence-electron chi connectivity index (χ2n) is 0.434. The van der Waals surface area contributed by atoms with Gasteiger partial charge in [-0.05, 0) is 0 Å². The Morgan fingerprint density at radius 2 is 1.12 bits per heavy atom. The van der Waals surface area contributed by atoms with Gasteiger partial charge in [0.15, 0.2) is 0 Å². The number of hydrogen-bond donors (Lipinski definition) is 2. The van der Waals surface area contributed by atoms with Crippen LogP contribution < -0.4 is 0 Å². The molecule has 0 aromatic rings. The van der Waals surface area contributed by atoms with E-state index in [1.165, 1.54) is 0 Å². The van der Waals surface area contributed by atoms with Gasteiger partial charge in [-0.25, -0.2) is 8.42 Å². The fraction of sp³-hybridized carbons (Fsp3) is 0. The average Bonchev–Trinajstić information content (AvgIpc) is 1.36. The van der Waals surface area contributed by atoms with Crippen LogP contribution in [0.4, 0.5) is 0 Å². The van der Waals surface area contributed by atoms with E-state index in [0.29, 0.717) is 0 Å². The Labute approximate surface area is 72.4 Å². The SMILES string of the molecule is O.O=S(O)S(=O)O.[NaH]. The fourth-order valence-corrected chi connectivity index (χ4v) is 0. The average molecular weight is 172 g/mol. The first-order valence-electron chi connectivity index (χ1n) is 0.865. The normalized spacial score (nSPS) is 14.8. The van der Waals surface area contributed by atoms with Crippen LogP contribution in [0.25, 0.3) is 0 Å². The second-order valence-corrected chi connectivity index (χ2v) is 3.01. The summed E-state index contributed by atoms with van der Waals surface area (Å²) < 4.78 is 33.6. The zero-order valence-corrected chi connectivity index (χ0v) is 4.66. The van der Waals surface area contributed by atoms with Crippen molar-refractivity contribution in [1.82, 2.24) is 0 Å². The maximum absolute atomic E-state index is 9.26. The van der Waals surface area contributed by atoms with Crippen molar-refractivity contribution in [2.24, 2.45) is 0 Å². The molecule has 0 amide bonds. The molecule has 0 bridgehead atoms. The van der Waals surface area contributed by atoms with E-state index in [-0.39, 0.29) is 35.0 Å². The Balaban J connectivity index is -0.000000125. The van der Waals surface area contributed by atoms with Gasteiger partial charge in [0.1, 0.15) is 0 Å². The van der Waals surface area contributed by atoms with Crippen molar-refractivity contribution in [2.45, 2.75) is 0 Å². The summed E-state index contributed by atoms with van der Waals surface area (Å²) in [7, 11) is -5.18. The Bertz CT molecular complexity index is 76.4. The third kappa shape index (κ3) is 10.2. The van der Waals surface area contributed by atoms with Crippen LogP contribution >= 0.6 is 0 Å². The standard InChI is InChI=1S/Na.H2O4S2.H2O.H/c;1-5(2)6(3)4;;/h;(H,1,2)(H,3,4);1H2;. The van der Waals surface area contributed by atoms with Gasteiger partial charge in [-0.3, -0.25) is 9.11 Å². The maximum atomic E-state index is 9.26. The van der Waals surface area contributed by atoms with Crippen molar-refractivity contribution < 1.29 is 23.0 Å². The van der Waals surface area contributed by atoms with Gasteiger partial charge in [0.25, 0.3) is 20.2 Å². The summed E-state index contributed by atoms with van der Waals surface area (Å²) in [6, 6.07) is 0. The molecule has 48 valence electrons. The molecule has 8 heteroatoms. The van der Waals surface area contributed by atoms with Crippen molar-refractivity contribution in [1.29, 1.82) is 0 Å². The quantitative estimate of drug-likeness (QED) is 0.267. The Hall–Kier alpha value is 1.18. The minimum atomic E-state index is -2.59. The molecular formula is H5NaO5S2. The van der Waals surface area contributed by atoms with Gasteiger partial charge in [0.05, 0.1) is 0 Å². The van der Waals surface area contributed by atoms with Crippen LogP contribution in [0.1, 0.15) is 0 Å². The van der Waals surface area contributed by atoms with Crippen LogP contribution in [-0.4, -0.2) is 52.6 Å². The Morgan fingerprint density at radius 3 is 1.12 bits per heavy atom. The van der Waals surface area contributed by atoms with E-state index in [4.69, 9.17) is 9.11 Å². The molecule has 0 aromatic carbocycles. The predicted octanol–water partition coefficient (Wildman–Crippen LogP) is -2.13. The Morgan fingerprint density at radius 1 is 1.00 bits per heavy atom. The van der Waals surface area contributed by atoms with E-state index in [0.717, 1.165) is 0 Å². The molecule has 0 aromatic heterocycles. The van der Waals surface area contributed by atoms with E-state index < -0.39 is 20.2 Å². The summed E-state index contributed by atoms with van der Waals surface area (Å²) >= 11 is 0. The predicted molar refractivity (Wildman–Crippen MR) is 32.3 cm³/mol. The summed E-state index contributed by atoms with van der Waals surface area (Å²) in [5.41, 5.74) is 0. The van der Waals surface area contributed by atoms with Gasteiger partial charge in [-0.2, -0.15) is 0 Å². The Kier molecular flexibility index (Phi) is 16.4. The minimum absolute atomic E-state index is 0. The van der Waals surface area contributed by atoms with E-state index >= 15 is 0 Å². The van der Waals surface area contributed by atoms with Gasteiger partial charge in [0.2, 0.25) is 0 Å². The van der Waals surface area contributed by atoms with Crippen LogP contribution in [0, 0.1) is 0 Å². The summed E-state index contributed by atoms with van der Waals surface area (Å²) in [5, 5.41) is 0. The molecular weight excluding hydrogens is 167 g/mol. The summed E-state index contributed by atoms with van der Waals surface area (Å²) in [5.74, 6) is 0. The van der Waals surface area contributed by atoms with E-state index in [2.05, 4.69) is 0 Å². The topological polar surface area (TPSA) is 106 Å². The van der Waals surface area contributed by atoms with Gasteiger partial charge in [0, 0.05) is 0 Å². The molecule has 0 saturated heterocycles. The number of rotatable bonds is 1. The van der Waals surface area contributed by atoms with E-state index in [1.807, 2.05) is 0 Å². The van der Waals surface area contributed by atoms with E-state index in [1.54, 1.807) is 0 Å². The monoisotopic (exact) mass is 172 g/mol. The molecule has 0 saturated carbocycles. The zero-order chi connectivity index (χ0) is 5.15.